The van der Waals surface area contributed by atoms with Crippen LogP contribution in [0.25, 0.3) is 0 Å². The third kappa shape index (κ3) is 3.95. The molecular formula is C23H32O2Si. The van der Waals surface area contributed by atoms with Crippen molar-refractivity contribution >= 4 is 18.7 Å². The van der Waals surface area contributed by atoms with Gasteiger partial charge in [-0.1, -0.05) is 101 Å². The van der Waals surface area contributed by atoms with Crippen molar-refractivity contribution in [2.75, 3.05) is 6.61 Å². The van der Waals surface area contributed by atoms with Gasteiger partial charge in [-0.2, -0.15) is 0 Å². The average Bonchev–Trinajstić information content (AvgIpc) is 3.48. The predicted octanol–water partition coefficient (Wildman–Crippen LogP) is 4.52. The van der Waals surface area contributed by atoms with Crippen molar-refractivity contribution in [2.24, 2.45) is 0 Å². The van der Waals surface area contributed by atoms with Crippen molar-refractivity contribution in [2.45, 2.75) is 64.2 Å². The Morgan fingerprint density at radius 1 is 1.00 bits per heavy atom. The van der Waals surface area contributed by atoms with E-state index in [0.717, 1.165) is 13.0 Å². The van der Waals surface area contributed by atoms with Crippen molar-refractivity contribution in [3.05, 3.63) is 60.7 Å². The second-order valence-electron chi connectivity index (χ2n) is 8.33. The van der Waals surface area contributed by atoms with Crippen LogP contribution in [-0.4, -0.2) is 27.1 Å². The minimum absolute atomic E-state index is 0.0229. The Morgan fingerprint density at radius 3 is 1.88 bits per heavy atom. The summed E-state index contributed by atoms with van der Waals surface area (Å²) in [6.07, 6.45) is 3.89. The molecule has 0 N–H and O–H groups in total. The predicted molar refractivity (Wildman–Crippen MR) is 112 cm³/mol. The van der Waals surface area contributed by atoms with Crippen molar-refractivity contribution in [1.82, 2.24) is 0 Å². The molecule has 2 aromatic rings. The van der Waals surface area contributed by atoms with Gasteiger partial charge in [0.2, 0.25) is 0 Å². The van der Waals surface area contributed by atoms with E-state index in [1.165, 1.54) is 23.2 Å². The number of hydrogen-bond acceptors (Lipinski definition) is 2. The number of rotatable bonds is 8. The third-order valence-corrected chi connectivity index (χ3v) is 10.4. The Morgan fingerprint density at radius 2 is 1.50 bits per heavy atom. The molecule has 1 fully saturated rings. The maximum absolute atomic E-state index is 7.21. The van der Waals surface area contributed by atoms with Gasteiger partial charge in [0.25, 0.3) is 8.32 Å². The zero-order valence-corrected chi connectivity index (χ0v) is 17.6. The molecule has 0 unspecified atom stereocenters. The molecule has 2 aromatic carbocycles. The van der Waals surface area contributed by atoms with Gasteiger partial charge in [-0.25, -0.2) is 0 Å². The lowest BCUT2D eigenvalue weighted by atomic mass is 10.1. The van der Waals surface area contributed by atoms with Gasteiger partial charge in [-0.15, -0.1) is 0 Å². The highest BCUT2D eigenvalue weighted by Crippen LogP contribution is 2.39. The number of unbranched alkanes of at least 4 members (excludes halogenated alkanes) is 1. The lowest BCUT2D eigenvalue weighted by Gasteiger charge is -2.45. The molecule has 3 rings (SSSR count). The van der Waals surface area contributed by atoms with E-state index in [2.05, 4.69) is 88.4 Å². The first kappa shape index (κ1) is 19.3. The lowest BCUT2D eigenvalue weighted by molar-refractivity contribution is 0.136. The first-order chi connectivity index (χ1) is 12.5. The van der Waals surface area contributed by atoms with Crippen LogP contribution in [0.4, 0.5) is 0 Å². The highest BCUT2D eigenvalue weighted by molar-refractivity contribution is 6.99. The van der Waals surface area contributed by atoms with Crippen LogP contribution in [0.1, 0.15) is 47.0 Å². The van der Waals surface area contributed by atoms with E-state index in [9.17, 15) is 0 Å². The van der Waals surface area contributed by atoms with Crippen molar-refractivity contribution in [3.8, 4) is 0 Å². The summed E-state index contributed by atoms with van der Waals surface area (Å²) in [6.45, 7) is 10.1. The van der Waals surface area contributed by atoms with E-state index >= 15 is 0 Å². The Kier molecular flexibility index (Phi) is 6.01. The first-order valence-corrected chi connectivity index (χ1v) is 11.8. The number of ether oxygens (including phenoxy) is 1. The molecule has 1 heterocycles. The first-order valence-electron chi connectivity index (χ1n) is 9.89. The van der Waals surface area contributed by atoms with Gasteiger partial charge >= 0.3 is 0 Å². The van der Waals surface area contributed by atoms with Gasteiger partial charge in [0.05, 0.1) is 12.7 Å². The molecule has 2 nitrogen and oxygen atoms in total. The number of epoxide rings is 1. The molecule has 0 aromatic heterocycles. The van der Waals surface area contributed by atoms with Crippen LogP contribution in [0.2, 0.25) is 5.04 Å². The summed E-state index contributed by atoms with van der Waals surface area (Å²) in [6, 6.07) is 21.8. The third-order valence-electron chi connectivity index (χ3n) is 5.36. The second kappa shape index (κ2) is 8.08. The monoisotopic (exact) mass is 368 g/mol. The highest BCUT2D eigenvalue weighted by atomic mass is 28.4. The summed E-state index contributed by atoms with van der Waals surface area (Å²) in [5.41, 5.74) is 0. The molecule has 1 saturated heterocycles. The van der Waals surface area contributed by atoms with Crippen LogP contribution in [0, 0.1) is 0 Å². The molecule has 1 aliphatic heterocycles. The zero-order valence-electron chi connectivity index (χ0n) is 16.6. The van der Waals surface area contributed by atoms with Crippen molar-refractivity contribution in [1.29, 1.82) is 0 Å². The SMILES string of the molecule is CCCC[C@@H](O[Si](c1ccccc1)(c1ccccc1)C(C)(C)C)[C@H]1CO1. The van der Waals surface area contributed by atoms with Gasteiger partial charge < -0.3 is 9.16 Å². The van der Waals surface area contributed by atoms with Crippen LogP contribution < -0.4 is 10.4 Å². The molecule has 0 spiro atoms. The molecule has 0 aliphatic carbocycles. The van der Waals surface area contributed by atoms with E-state index in [-0.39, 0.29) is 17.2 Å². The quantitative estimate of drug-likeness (QED) is 0.505. The molecule has 1 aliphatic rings. The molecule has 0 radical (unpaired) electrons. The molecule has 3 heteroatoms. The van der Waals surface area contributed by atoms with E-state index < -0.39 is 8.32 Å². The largest absolute Gasteiger partial charge is 0.402 e. The molecule has 0 bridgehead atoms. The van der Waals surface area contributed by atoms with E-state index in [0.29, 0.717) is 0 Å². The van der Waals surface area contributed by atoms with Crippen LogP contribution >= 0.6 is 0 Å². The molecule has 0 amide bonds. The molecule has 2 atom stereocenters. The smallest absolute Gasteiger partial charge is 0.261 e. The van der Waals surface area contributed by atoms with Crippen LogP contribution in [0.3, 0.4) is 0 Å². The maximum atomic E-state index is 7.21. The van der Waals surface area contributed by atoms with Crippen LogP contribution in [0.15, 0.2) is 60.7 Å². The number of hydrogen-bond donors (Lipinski definition) is 0. The van der Waals surface area contributed by atoms with Gasteiger partial charge in [0.1, 0.15) is 6.10 Å². The van der Waals surface area contributed by atoms with Gasteiger partial charge in [0.15, 0.2) is 0 Å². The average molecular weight is 369 g/mol. The van der Waals surface area contributed by atoms with Crippen molar-refractivity contribution in [3.63, 3.8) is 0 Å². The van der Waals surface area contributed by atoms with Crippen molar-refractivity contribution < 1.29 is 9.16 Å². The Bertz CT molecular complexity index is 635. The lowest BCUT2D eigenvalue weighted by Crippen LogP contribution is -2.68. The standard InChI is InChI=1S/C23H32O2Si/c1-5-6-17-21(22-18-24-22)25-26(23(2,3)4,19-13-9-7-10-14-19)20-15-11-8-12-16-20/h7-16,21-22H,5-6,17-18H2,1-4H3/t21-,22-/m1/s1. The highest BCUT2D eigenvalue weighted by Gasteiger charge is 2.53. The Balaban J connectivity index is 2.10. The minimum Gasteiger partial charge on any atom is -0.402 e. The molecule has 0 saturated carbocycles. The van der Waals surface area contributed by atoms with Crippen LogP contribution in [0.5, 0.6) is 0 Å². The molecule has 140 valence electrons. The van der Waals surface area contributed by atoms with Crippen LogP contribution in [-0.2, 0) is 9.16 Å². The minimum atomic E-state index is -2.47. The summed E-state index contributed by atoms with van der Waals surface area (Å²) in [7, 11) is -2.47. The van der Waals surface area contributed by atoms with E-state index in [1.807, 2.05) is 0 Å². The second-order valence-corrected chi connectivity index (χ2v) is 12.6. The van der Waals surface area contributed by atoms with Gasteiger partial charge in [-0.3, -0.25) is 0 Å². The fourth-order valence-corrected chi connectivity index (χ4v) is 8.65. The summed E-state index contributed by atoms with van der Waals surface area (Å²) in [5, 5.41) is 2.72. The van der Waals surface area contributed by atoms with Gasteiger partial charge in [-0.05, 0) is 21.8 Å². The van der Waals surface area contributed by atoms with E-state index in [4.69, 9.17) is 9.16 Å². The fraction of sp³-hybridized carbons (Fsp3) is 0.478. The molecular weight excluding hydrogens is 336 g/mol. The summed E-state index contributed by atoms with van der Waals surface area (Å²) >= 11 is 0. The Hall–Kier alpha value is -1.42. The molecule has 26 heavy (non-hydrogen) atoms. The maximum Gasteiger partial charge on any atom is 0.261 e. The normalized spacial score (nSPS) is 18.5. The Labute approximate surface area is 159 Å². The zero-order chi connectivity index (χ0) is 18.6. The number of benzene rings is 2. The fourth-order valence-electron chi connectivity index (χ4n) is 3.91. The summed E-state index contributed by atoms with van der Waals surface area (Å²) in [5.74, 6) is 0. The van der Waals surface area contributed by atoms with E-state index in [1.54, 1.807) is 0 Å². The summed E-state index contributed by atoms with van der Waals surface area (Å²) in [4.78, 5) is 0. The topological polar surface area (TPSA) is 21.8 Å². The summed E-state index contributed by atoms with van der Waals surface area (Å²) < 4.78 is 12.9. The van der Waals surface area contributed by atoms with Gasteiger partial charge in [0, 0.05) is 0 Å².